The van der Waals surface area contributed by atoms with Gasteiger partial charge in [-0.2, -0.15) is 0 Å². The number of urea groups is 1. The molecule has 0 saturated heterocycles. The molecule has 0 bridgehead atoms. The number of carboxylic acid groups (broad SMARTS) is 1. The van der Waals surface area contributed by atoms with Crippen LogP contribution in [0.3, 0.4) is 0 Å². The van der Waals surface area contributed by atoms with Crippen LogP contribution >= 0.6 is 11.3 Å². The van der Waals surface area contributed by atoms with Crippen LogP contribution in [0.15, 0.2) is 35.8 Å². The Bertz CT molecular complexity index is 627. The topological polar surface area (TPSA) is 91.3 Å². The van der Waals surface area contributed by atoms with Crippen LogP contribution in [-0.4, -0.2) is 22.1 Å². The molecule has 0 aliphatic rings. The predicted octanol–water partition coefficient (Wildman–Crippen LogP) is 2.08. The molecule has 0 saturated carbocycles. The van der Waals surface area contributed by atoms with Crippen molar-refractivity contribution in [2.45, 2.75) is 19.5 Å². The monoisotopic (exact) mass is 305 g/mol. The van der Waals surface area contributed by atoms with Crippen molar-refractivity contribution in [3.8, 4) is 0 Å². The molecule has 0 unspecified atom stereocenters. The Morgan fingerprint density at radius 3 is 2.62 bits per heavy atom. The third-order valence-corrected chi connectivity index (χ3v) is 3.84. The molecule has 21 heavy (non-hydrogen) atoms. The van der Waals surface area contributed by atoms with E-state index >= 15 is 0 Å². The maximum absolute atomic E-state index is 11.8. The van der Waals surface area contributed by atoms with Gasteiger partial charge in [0.25, 0.3) is 0 Å². The lowest BCUT2D eigenvalue weighted by molar-refractivity contribution is -0.139. The zero-order valence-electron chi connectivity index (χ0n) is 11.4. The Morgan fingerprint density at radius 1 is 1.33 bits per heavy atom. The van der Waals surface area contributed by atoms with Gasteiger partial charge in [0.2, 0.25) is 0 Å². The zero-order chi connectivity index (χ0) is 15.2. The lowest BCUT2D eigenvalue weighted by atomic mass is 10.1. The third-order valence-electron chi connectivity index (χ3n) is 2.91. The Kier molecular flexibility index (Phi) is 4.89. The van der Waals surface area contributed by atoms with Crippen LogP contribution in [0, 0.1) is 6.92 Å². The van der Waals surface area contributed by atoms with Crippen LogP contribution in [0.25, 0.3) is 0 Å². The Hall–Kier alpha value is -2.41. The van der Waals surface area contributed by atoms with Gasteiger partial charge in [-0.15, -0.1) is 11.3 Å². The highest BCUT2D eigenvalue weighted by molar-refractivity contribution is 7.09. The second-order valence-corrected chi connectivity index (χ2v) is 5.31. The van der Waals surface area contributed by atoms with Crippen LogP contribution in [0.1, 0.15) is 22.2 Å². The summed E-state index contributed by atoms with van der Waals surface area (Å²) in [4.78, 5) is 28.1. The van der Waals surface area contributed by atoms with E-state index in [1.807, 2.05) is 6.92 Å². The number of carbonyl (C=O) groups excluding carboxylic acids is 1. The minimum Gasteiger partial charge on any atom is -0.479 e. The highest BCUT2D eigenvalue weighted by Gasteiger charge is 2.21. The number of hydrogen-bond acceptors (Lipinski definition) is 4. The van der Waals surface area contributed by atoms with Crippen LogP contribution in [0.4, 0.5) is 4.79 Å². The molecule has 2 amide bonds. The number of aliphatic carboxylic acids is 1. The van der Waals surface area contributed by atoms with Crippen LogP contribution in [0.5, 0.6) is 0 Å². The summed E-state index contributed by atoms with van der Waals surface area (Å²) in [6.07, 6.45) is 0. The van der Waals surface area contributed by atoms with E-state index < -0.39 is 18.0 Å². The maximum Gasteiger partial charge on any atom is 0.330 e. The first-order valence-corrected chi connectivity index (χ1v) is 7.17. The fraction of sp³-hybridized carbons (Fsp3) is 0.214. The Morgan fingerprint density at radius 2 is 2.05 bits per heavy atom. The number of hydrogen-bond donors (Lipinski definition) is 3. The van der Waals surface area contributed by atoms with Gasteiger partial charge in [0.1, 0.15) is 0 Å². The van der Waals surface area contributed by atoms with Crippen molar-refractivity contribution in [1.82, 2.24) is 15.6 Å². The summed E-state index contributed by atoms with van der Waals surface area (Å²) >= 11 is 1.44. The second kappa shape index (κ2) is 6.85. The largest absolute Gasteiger partial charge is 0.479 e. The Balaban J connectivity index is 1.96. The van der Waals surface area contributed by atoms with Gasteiger partial charge in [0.15, 0.2) is 6.04 Å². The van der Waals surface area contributed by atoms with Crippen molar-refractivity contribution in [3.05, 3.63) is 52.0 Å². The first-order chi connectivity index (χ1) is 10.1. The summed E-state index contributed by atoms with van der Waals surface area (Å²) in [5.74, 6) is -1.11. The number of carbonyl (C=O) groups is 2. The number of nitrogens with zero attached hydrogens (tertiary/aromatic N) is 1. The first-order valence-electron chi connectivity index (χ1n) is 6.29. The van der Waals surface area contributed by atoms with Crippen molar-refractivity contribution in [2.75, 3.05) is 0 Å². The van der Waals surface area contributed by atoms with Crippen molar-refractivity contribution >= 4 is 23.3 Å². The van der Waals surface area contributed by atoms with E-state index in [-0.39, 0.29) is 0 Å². The number of aryl methyl sites for hydroxylation is 1. The minimum absolute atomic E-state index is 0.323. The number of benzene rings is 1. The molecule has 6 nitrogen and oxygen atoms in total. The molecule has 0 radical (unpaired) electrons. The molecule has 7 heteroatoms. The van der Waals surface area contributed by atoms with Gasteiger partial charge in [0.05, 0.1) is 17.7 Å². The number of amides is 2. The summed E-state index contributed by atoms with van der Waals surface area (Å²) in [6, 6.07) is 6.96. The van der Waals surface area contributed by atoms with Gasteiger partial charge in [-0.25, -0.2) is 14.6 Å². The summed E-state index contributed by atoms with van der Waals surface area (Å²) in [7, 11) is 0. The summed E-state index contributed by atoms with van der Waals surface area (Å²) in [5.41, 5.74) is 3.08. The fourth-order valence-corrected chi connectivity index (χ4v) is 2.49. The molecule has 2 aromatic rings. The average molecular weight is 305 g/mol. The van der Waals surface area contributed by atoms with Crippen molar-refractivity contribution in [1.29, 1.82) is 0 Å². The van der Waals surface area contributed by atoms with Crippen LogP contribution in [-0.2, 0) is 11.3 Å². The summed E-state index contributed by atoms with van der Waals surface area (Å²) in [6.45, 7) is 2.18. The molecule has 0 fully saturated rings. The molecule has 1 heterocycles. The van der Waals surface area contributed by atoms with Gasteiger partial charge in [-0.1, -0.05) is 30.3 Å². The molecule has 110 valence electrons. The average Bonchev–Trinajstić information content (AvgIpc) is 2.88. The maximum atomic E-state index is 11.8. The Labute approximate surface area is 125 Å². The highest BCUT2D eigenvalue weighted by Crippen LogP contribution is 2.13. The van der Waals surface area contributed by atoms with Crippen molar-refractivity contribution < 1.29 is 14.7 Å². The molecule has 2 rings (SSSR count). The number of aromatic nitrogens is 1. The lowest BCUT2D eigenvalue weighted by Crippen LogP contribution is -2.40. The van der Waals surface area contributed by atoms with Crippen molar-refractivity contribution in [2.24, 2.45) is 0 Å². The van der Waals surface area contributed by atoms with E-state index in [0.29, 0.717) is 12.1 Å². The quantitative estimate of drug-likeness (QED) is 0.788. The number of nitrogens with one attached hydrogen (secondary N) is 2. The molecule has 3 N–H and O–H groups in total. The van der Waals surface area contributed by atoms with Crippen LogP contribution in [0.2, 0.25) is 0 Å². The van der Waals surface area contributed by atoms with E-state index in [9.17, 15) is 14.7 Å². The minimum atomic E-state index is -1.11. The molecular formula is C14H15N3O3S. The first kappa shape index (κ1) is 15.0. The fourth-order valence-electron chi connectivity index (χ4n) is 1.77. The van der Waals surface area contributed by atoms with E-state index in [4.69, 9.17) is 0 Å². The van der Waals surface area contributed by atoms with Gasteiger partial charge in [-0.3, -0.25) is 0 Å². The molecule has 0 aliphatic heterocycles. The number of thiazole rings is 1. The zero-order valence-corrected chi connectivity index (χ0v) is 12.2. The summed E-state index contributed by atoms with van der Waals surface area (Å²) in [5, 5.41) is 14.3. The third kappa shape index (κ3) is 4.03. The van der Waals surface area contributed by atoms with E-state index in [0.717, 1.165) is 10.6 Å². The smallest absolute Gasteiger partial charge is 0.330 e. The van der Waals surface area contributed by atoms with Gasteiger partial charge >= 0.3 is 12.0 Å². The standard InChI is InChI=1S/C14H15N3O3S/c1-9-11(21-8-16-9)7-15-14(20)17-12(13(18)19)10-5-3-2-4-6-10/h2-6,8,12H,7H2,1H3,(H,18,19)(H2,15,17,20)/t12-/m1/s1. The molecule has 1 atom stereocenters. The lowest BCUT2D eigenvalue weighted by Gasteiger charge is -2.15. The molecular weight excluding hydrogens is 290 g/mol. The van der Waals surface area contributed by atoms with Gasteiger partial charge < -0.3 is 15.7 Å². The second-order valence-electron chi connectivity index (χ2n) is 4.37. The molecule has 0 aliphatic carbocycles. The molecule has 1 aromatic heterocycles. The predicted molar refractivity (Wildman–Crippen MR) is 79.0 cm³/mol. The number of carboxylic acids is 1. The van der Waals surface area contributed by atoms with Crippen molar-refractivity contribution in [3.63, 3.8) is 0 Å². The molecule has 0 spiro atoms. The van der Waals surface area contributed by atoms with Crippen LogP contribution < -0.4 is 10.6 Å². The van der Waals surface area contributed by atoms with Gasteiger partial charge in [0, 0.05) is 4.88 Å². The van der Waals surface area contributed by atoms with E-state index in [1.54, 1.807) is 35.8 Å². The highest BCUT2D eigenvalue weighted by atomic mass is 32.1. The summed E-state index contributed by atoms with van der Waals surface area (Å²) < 4.78 is 0. The van der Waals surface area contributed by atoms with Gasteiger partial charge in [-0.05, 0) is 12.5 Å². The molecule has 1 aromatic carbocycles. The normalized spacial score (nSPS) is 11.7. The van der Waals surface area contributed by atoms with E-state index in [1.165, 1.54) is 11.3 Å². The number of rotatable bonds is 5. The van der Waals surface area contributed by atoms with E-state index in [2.05, 4.69) is 15.6 Å². The SMILES string of the molecule is Cc1ncsc1CNC(=O)N[C@@H](C(=O)O)c1ccccc1.